The quantitative estimate of drug-likeness (QED) is 0.380. The van der Waals surface area contributed by atoms with Gasteiger partial charge in [0.05, 0.1) is 21.1 Å². The highest BCUT2D eigenvalue weighted by atomic mass is 32.2. The van der Waals surface area contributed by atoms with E-state index in [2.05, 4.69) is 4.98 Å². The van der Waals surface area contributed by atoms with Crippen LogP contribution in [0.25, 0.3) is 22.0 Å². The molecule has 9 heteroatoms. The molecule has 0 aliphatic rings. The minimum atomic E-state index is -3.54. The largest absolute Gasteiger partial charge is 0.457 e. The average Bonchev–Trinajstić information content (AvgIpc) is 2.79. The lowest BCUT2D eigenvalue weighted by molar-refractivity contribution is 0.479. The van der Waals surface area contributed by atoms with Crippen molar-refractivity contribution in [2.24, 2.45) is 0 Å². The highest BCUT2D eigenvalue weighted by molar-refractivity contribution is 7.91. The molecule has 33 heavy (non-hydrogen) atoms. The van der Waals surface area contributed by atoms with Crippen molar-refractivity contribution in [1.29, 1.82) is 0 Å². The summed E-state index contributed by atoms with van der Waals surface area (Å²) < 4.78 is 69.3. The average molecular weight is 486 g/mol. The van der Waals surface area contributed by atoms with Crippen molar-refractivity contribution in [2.75, 3.05) is 12.0 Å². The van der Waals surface area contributed by atoms with E-state index in [4.69, 9.17) is 4.74 Å². The van der Waals surface area contributed by atoms with Gasteiger partial charge < -0.3 is 4.74 Å². The van der Waals surface area contributed by atoms with Gasteiger partial charge in [0.25, 0.3) is 0 Å². The summed E-state index contributed by atoms with van der Waals surface area (Å²) in [4.78, 5) is 4.40. The van der Waals surface area contributed by atoms with Crippen molar-refractivity contribution in [3.8, 4) is 22.6 Å². The minimum absolute atomic E-state index is 0.0399. The molecule has 0 fully saturated rings. The van der Waals surface area contributed by atoms with Crippen LogP contribution in [0.15, 0.2) is 82.7 Å². The van der Waals surface area contributed by atoms with Crippen LogP contribution in [0, 0.1) is 5.82 Å². The number of rotatable bonds is 6. The molecule has 3 aromatic carbocycles. The number of benzene rings is 3. The maximum absolute atomic E-state index is 14.8. The third-order valence-corrected chi connectivity index (χ3v) is 8.00. The first-order valence-corrected chi connectivity index (χ1v) is 13.5. The van der Waals surface area contributed by atoms with Gasteiger partial charge in [0, 0.05) is 23.4 Å². The molecule has 0 unspecified atom stereocenters. The second-order valence-electron chi connectivity index (χ2n) is 7.40. The monoisotopic (exact) mass is 485 g/mol. The summed E-state index contributed by atoms with van der Waals surface area (Å²) in [5, 5.41) is 0.479. The summed E-state index contributed by atoms with van der Waals surface area (Å²) >= 11 is 0. The second kappa shape index (κ2) is 8.57. The van der Waals surface area contributed by atoms with Gasteiger partial charge in [-0.1, -0.05) is 25.1 Å². The van der Waals surface area contributed by atoms with Gasteiger partial charge in [-0.3, -0.25) is 4.98 Å². The normalized spacial score (nSPS) is 12.1. The smallest absolute Gasteiger partial charge is 0.178 e. The summed E-state index contributed by atoms with van der Waals surface area (Å²) in [7, 11) is -6.94. The zero-order valence-electron chi connectivity index (χ0n) is 17.8. The van der Waals surface area contributed by atoms with Crippen LogP contribution < -0.4 is 4.74 Å². The Bertz CT molecular complexity index is 1580. The lowest BCUT2D eigenvalue weighted by atomic mass is 10.0. The molecule has 4 aromatic rings. The van der Waals surface area contributed by atoms with Crippen molar-refractivity contribution in [3.63, 3.8) is 0 Å². The number of halogens is 1. The number of pyridine rings is 1. The molecule has 0 amide bonds. The molecule has 1 heterocycles. The first-order chi connectivity index (χ1) is 15.6. The molecule has 1 aromatic heterocycles. The van der Waals surface area contributed by atoms with E-state index in [1.165, 1.54) is 42.6 Å². The summed E-state index contributed by atoms with van der Waals surface area (Å²) in [5.41, 5.74) is 0.902. The molecule has 0 spiro atoms. The van der Waals surface area contributed by atoms with E-state index in [0.29, 0.717) is 22.4 Å². The lowest BCUT2D eigenvalue weighted by Gasteiger charge is -2.12. The van der Waals surface area contributed by atoms with Crippen LogP contribution in [0.3, 0.4) is 0 Å². The van der Waals surface area contributed by atoms with Gasteiger partial charge in [-0.15, -0.1) is 0 Å². The van der Waals surface area contributed by atoms with E-state index < -0.39 is 25.5 Å². The Balaban J connectivity index is 1.80. The molecular weight excluding hydrogens is 465 g/mol. The number of ether oxygens (including phenoxy) is 1. The Kier molecular flexibility index (Phi) is 5.94. The Hall–Kier alpha value is -3.30. The van der Waals surface area contributed by atoms with Crippen LogP contribution in [0.1, 0.15) is 6.92 Å². The molecule has 0 saturated heterocycles. The van der Waals surface area contributed by atoms with Gasteiger partial charge in [-0.2, -0.15) is 0 Å². The fourth-order valence-corrected chi connectivity index (χ4v) is 5.25. The van der Waals surface area contributed by atoms with Gasteiger partial charge in [0.15, 0.2) is 19.7 Å². The van der Waals surface area contributed by atoms with Crippen LogP contribution in [-0.4, -0.2) is 33.8 Å². The number of para-hydroxylation sites is 1. The topological polar surface area (TPSA) is 90.4 Å². The Morgan fingerprint density at radius 1 is 0.879 bits per heavy atom. The Morgan fingerprint density at radius 2 is 1.61 bits per heavy atom. The molecule has 0 aliphatic heterocycles. The van der Waals surface area contributed by atoms with E-state index in [1.54, 1.807) is 37.3 Å². The van der Waals surface area contributed by atoms with Crippen LogP contribution >= 0.6 is 0 Å². The van der Waals surface area contributed by atoms with Crippen molar-refractivity contribution < 1.29 is 26.0 Å². The highest BCUT2D eigenvalue weighted by Crippen LogP contribution is 2.35. The zero-order valence-corrected chi connectivity index (χ0v) is 19.5. The van der Waals surface area contributed by atoms with Gasteiger partial charge in [-0.25, -0.2) is 21.2 Å². The van der Waals surface area contributed by atoms with Crippen molar-refractivity contribution in [2.45, 2.75) is 16.7 Å². The maximum atomic E-state index is 14.8. The molecule has 0 bridgehead atoms. The summed E-state index contributed by atoms with van der Waals surface area (Å²) in [5.74, 6) is 0.0199. The van der Waals surface area contributed by atoms with Crippen molar-refractivity contribution in [1.82, 2.24) is 4.98 Å². The van der Waals surface area contributed by atoms with Crippen molar-refractivity contribution >= 4 is 30.6 Å². The Labute approximate surface area is 191 Å². The molecule has 0 aliphatic carbocycles. The van der Waals surface area contributed by atoms with Crippen molar-refractivity contribution in [3.05, 3.63) is 78.7 Å². The third kappa shape index (κ3) is 4.60. The van der Waals surface area contributed by atoms with Crippen LogP contribution in [0.5, 0.6) is 11.5 Å². The third-order valence-electron chi connectivity index (χ3n) is 5.14. The number of nitrogens with zero attached hydrogens (tertiary/aromatic N) is 1. The molecule has 4 rings (SSSR count). The molecule has 0 N–H and O–H groups in total. The van der Waals surface area contributed by atoms with Gasteiger partial charge in [0.2, 0.25) is 0 Å². The highest BCUT2D eigenvalue weighted by Gasteiger charge is 2.17. The summed E-state index contributed by atoms with van der Waals surface area (Å²) in [6, 6.07) is 16.6. The summed E-state index contributed by atoms with van der Waals surface area (Å²) in [6.07, 6.45) is 2.52. The van der Waals surface area contributed by atoms with Crippen LogP contribution in [0.2, 0.25) is 0 Å². The number of hydrogen-bond donors (Lipinski definition) is 0. The molecule has 6 nitrogen and oxygen atoms in total. The molecule has 0 saturated carbocycles. The van der Waals surface area contributed by atoms with E-state index in [-0.39, 0.29) is 26.6 Å². The van der Waals surface area contributed by atoms with Crippen LogP contribution in [-0.2, 0) is 19.7 Å². The van der Waals surface area contributed by atoms with E-state index in [1.807, 2.05) is 0 Å². The number of hydrogen-bond acceptors (Lipinski definition) is 6. The fourth-order valence-electron chi connectivity index (χ4n) is 3.49. The van der Waals surface area contributed by atoms with Gasteiger partial charge in [-0.05, 0) is 54.1 Å². The number of sulfone groups is 2. The fraction of sp³-hybridized carbons (Fsp3) is 0.125. The van der Waals surface area contributed by atoms with Gasteiger partial charge in [0.1, 0.15) is 17.3 Å². The Morgan fingerprint density at radius 3 is 2.33 bits per heavy atom. The van der Waals surface area contributed by atoms with Gasteiger partial charge >= 0.3 is 0 Å². The second-order valence-corrected chi connectivity index (χ2v) is 11.7. The molecular formula is C24H20FNO5S2. The molecule has 0 radical (unpaired) electrons. The van der Waals surface area contributed by atoms with E-state index in [0.717, 1.165) is 6.26 Å². The lowest BCUT2D eigenvalue weighted by Crippen LogP contribution is -2.03. The number of fused-ring (bicyclic) bond motifs is 1. The minimum Gasteiger partial charge on any atom is -0.457 e. The molecule has 0 atom stereocenters. The van der Waals surface area contributed by atoms with E-state index in [9.17, 15) is 21.2 Å². The maximum Gasteiger partial charge on any atom is 0.178 e. The number of aromatic nitrogens is 1. The standard InChI is InChI=1S/C24H20FNO5S2/c1-3-33(29,30)18-7-4-6-16(14-18)31-17-10-11-22(25)21(15-17)19-12-13-26-24-20(19)8-5-9-23(24)32(2,27)28/h4-15H,3H2,1-2H3. The predicted octanol–water partition coefficient (Wildman–Crippen LogP) is 5.03. The molecule has 170 valence electrons. The van der Waals surface area contributed by atoms with Crippen LogP contribution in [0.4, 0.5) is 4.39 Å². The first-order valence-electron chi connectivity index (χ1n) is 9.98. The van der Waals surface area contributed by atoms with E-state index >= 15 is 0 Å². The predicted molar refractivity (Wildman–Crippen MR) is 124 cm³/mol. The SMILES string of the molecule is CCS(=O)(=O)c1cccc(Oc2ccc(F)c(-c3ccnc4c(S(C)(=O)=O)cccc34)c2)c1. The first kappa shape index (κ1) is 22.9. The zero-order chi connectivity index (χ0) is 23.8. The summed E-state index contributed by atoms with van der Waals surface area (Å²) in [6.45, 7) is 1.56.